The molecule has 0 atom stereocenters. The minimum atomic E-state index is -1.14. The van der Waals surface area contributed by atoms with Crippen molar-refractivity contribution in [2.45, 2.75) is 19.4 Å². The van der Waals surface area contributed by atoms with Crippen molar-refractivity contribution in [3.8, 4) is 11.3 Å². The average molecular weight is 322 g/mol. The van der Waals surface area contributed by atoms with E-state index in [0.717, 1.165) is 0 Å². The molecule has 7 heteroatoms. The van der Waals surface area contributed by atoms with Crippen LogP contribution in [0.4, 0.5) is 0 Å². The normalized spacial score (nSPS) is 11.1. The van der Waals surface area contributed by atoms with E-state index >= 15 is 0 Å². The highest BCUT2D eigenvalue weighted by molar-refractivity contribution is 6.33. The van der Waals surface area contributed by atoms with Crippen molar-refractivity contribution in [2.75, 3.05) is 7.11 Å². The van der Waals surface area contributed by atoms with Crippen molar-refractivity contribution in [3.05, 3.63) is 41.0 Å². The van der Waals surface area contributed by atoms with Crippen LogP contribution in [0.1, 0.15) is 24.3 Å². The maximum absolute atomic E-state index is 12.2. The number of rotatable bonds is 4. The molecule has 0 fully saturated rings. The molecule has 6 nitrogen and oxygen atoms in total. The number of benzene rings is 1. The number of aromatic nitrogens is 2. The lowest BCUT2D eigenvalue weighted by atomic mass is 10.1. The maximum Gasteiger partial charge on any atom is 0.330 e. The number of hydrogen-bond acceptors (Lipinski definition) is 4. The van der Waals surface area contributed by atoms with Gasteiger partial charge in [-0.15, -0.1) is 0 Å². The quantitative estimate of drug-likeness (QED) is 0.847. The number of esters is 1. The molecule has 0 saturated carbocycles. The Morgan fingerprint density at radius 3 is 2.64 bits per heavy atom. The van der Waals surface area contributed by atoms with Crippen LogP contribution in [-0.4, -0.2) is 34.7 Å². The first-order chi connectivity index (χ1) is 10.3. The van der Waals surface area contributed by atoms with Crippen LogP contribution in [-0.2, 0) is 9.53 Å². The summed E-state index contributed by atoms with van der Waals surface area (Å²) in [6, 6.07) is 8.76. The molecule has 0 bridgehead atoms. The van der Waals surface area contributed by atoms with E-state index in [1.54, 1.807) is 32.0 Å². The summed E-state index contributed by atoms with van der Waals surface area (Å²) in [6.07, 6.45) is 0. The third-order valence-corrected chi connectivity index (χ3v) is 3.42. The van der Waals surface area contributed by atoms with Crippen LogP contribution < -0.4 is 5.32 Å². The average Bonchev–Trinajstić information content (AvgIpc) is 2.96. The number of amides is 1. The first-order valence-electron chi connectivity index (χ1n) is 6.56. The van der Waals surface area contributed by atoms with E-state index < -0.39 is 17.4 Å². The summed E-state index contributed by atoms with van der Waals surface area (Å²) < 4.78 is 4.65. The minimum absolute atomic E-state index is 0.229. The number of aromatic amines is 1. The Morgan fingerprint density at radius 2 is 2.00 bits per heavy atom. The Kier molecular flexibility index (Phi) is 4.51. The summed E-state index contributed by atoms with van der Waals surface area (Å²) in [5.74, 6) is -0.993. The zero-order valence-electron chi connectivity index (χ0n) is 12.4. The van der Waals surface area contributed by atoms with Crippen molar-refractivity contribution in [1.82, 2.24) is 15.5 Å². The number of halogens is 1. The zero-order valence-corrected chi connectivity index (χ0v) is 13.2. The van der Waals surface area contributed by atoms with Crippen molar-refractivity contribution in [3.63, 3.8) is 0 Å². The van der Waals surface area contributed by atoms with Crippen LogP contribution in [0.3, 0.4) is 0 Å². The fourth-order valence-electron chi connectivity index (χ4n) is 1.90. The lowest BCUT2D eigenvalue weighted by Crippen LogP contribution is -2.50. The third-order valence-electron chi connectivity index (χ3n) is 3.09. The Labute approximate surface area is 132 Å². The van der Waals surface area contributed by atoms with E-state index in [2.05, 4.69) is 20.3 Å². The molecule has 116 valence electrons. The molecule has 0 aliphatic heterocycles. The number of ether oxygens (including phenoxy) is 1. The smallest absolute Gasteiger partial charge is 0.330 e. The number of carbonyl (C=O) groups is 2. The molecule has 2 N–H and O–H groups in total. The van der Waals surface area contributed by atoms with Crippen LogP contribution in [0, 0.1) is 0 Å². The predicted octanol–water partition coefficient (Wildman–Crippen LogP) is 2.41. The lowest BCUT2D eigenvalue weighted by Gasteiger charge is -2.22. The molecule has 1 aromatic heterocycles. The molecule has 0 unspecified atom stereocenters. The van der Waals surface area contributed by atoms with E-state index in [1.165, 1.54) is 7.11 Å². The topological polar surface area (TPSA) is 84.1 Å². The van der Waals surface area contributed by atoms with E-state index in [0.29, 0.717) is 16.3 Å². The van der Waals surface area contributed by atoms with E-state index in [9.17, 15) is 9.59 Å². The molecular weight excluding hydrogens is 306 g/mol. The summed E-state index contributed by atoms with van der Waals surface area (Å²) in [7, 11) is 1.27. The monoisotopic (exact) mass is 321 g/mol. The van der Waals surface area contributed by atoms with Gasteiger partial charge in [-0.1, -0.05) is 29.8 Å². The molecule has 0 aliphatic carbocycles. The van der Waals surface area contributed by atoms with Crippen LogP contribution in [0.25, 0.3) is 11.3 Å². The van der Waals surface area contributed by atoms with Gasteiger partial charge in [0.05, 0.1) is 17.8 Å². The van der Waals surface area contributed by atoms with E-state index in [4.69, 9.17) is 11.6 Å². The van der Waals surface area contributed by atoms with Crippen molar-refractivity contribution < 1.29 is 14.3 Å². The van der Waals surface area contributed by atoms with Gasteiger partial charge in [-0.3, -0.25) is 9.89 Å². The van der Waals surface area contributed by atoms with Gasteiger partial charge in [0.1, 0.15) is 11.2 Å². The van der Waals surface area contributed by atoms with E-state index in [1.807, 2.05) is 12.1 Å². The largest absolute Gasteiger partial charge is 0.467 e. The van der Waals surface area contributed by atoms with Gasteiger partial charge in [-0.25, -0.2) is 4.79 Å². The lowest BCUT2D eigenvalue weighted by molar-refractivity contribution is -0.146. The second-order valence-corrected chi connectivity index (χ2v) is 5.62. The number of hydrogen-bond donors (Lipinski definition) is 2. The molecular formula is C15H16ClN3O3. The summed E-state index contributed by atoms with van der Waals surface area (Å²) in [4.78, 5) is 23.8. The third kappa shape index (κ3) is 3.28. The summed E-state index contributed by atoms with van der Waals surface area (Å²) in [6.45, 7) is 3.12. The Bertz CT molecular complexity index is 710. The van der Waals surface area contributed by atoms with Gasteiger partial charge in [0, 0.05) is 5.56 Å². The first-order valence-corrected chi connectivity index (χ1v) is 6.94. The fraction of sp³-hybridized carbons (Fsp3) is 0.267. The van der Waals surface area contributed by atoms with Crippen LogP contribution in [0.15, 0.2) is 30.3 Å². The Hall–Kier alpha value is -2.34. The van der Waals surface area contributed by atoms with Gasteiger partial charge in [0.25, 0.3) is 5.91 Å². The minimum Gasteiger partial charge on any atom is -0.467 e. The van der Waals surface area contributed by atoms with Crippen molar-refractivity contribution in [1.29, 1.82) is 0 Å². The van der Waals surface area contributed by atoms with Gasteiger partial charge >= 0.3 is 5.97 Å². The van der Waals surface area contributed by atoms with Crippen molar-refractivity contribution >= 4 is 23.5 Å². The first kappa shape index (κ1) is 16.0. The highest BCUT2D eigenvalue weighted by Crippen LogP contribution is 2.26. The number of carbonyl (C=O) groups excluding carboxylic acids is 2. The highest BCUT2D eigenvalue weighted by Gasteiger charge is 2.31. The van der Waals surface area contributed by atoms with Gasteiger partial charge in [0.15, 0.2) is 0 Å². The molecule has 0 aliphatic rings. The summed E-state index contributed by atoms with van der Waals surface area (Å²) in [5.41, 5.74) is 0.354. The van der Waals surface area contributed by atoms with E-state index in [-0.39, 0.29) is 5.69 Å². The fourth-order valence-corrected chi connectivity index (χ4v) is 2.13. The molecule has 1 aromatic carbocycles. The van der Waals surface area contributed by atoms with Gasteiger partial charge < -0.3 is 10.1 Å². The molecule has 2 rings (SSSR count). The number of nitrogens with zero attached hydrogens (tertiary/aromatic N) is 1. The van der Waals surface area contributed by atoms with Crippen molar-refractivity contribution in [2.24, 2.45) is 0 Å². The van der Waals surface area contributed by atoms with Crippen LogP contribution >= 0.6 is 11.6 Å². The second kappa shape index (κ2) is 6.19. The number of nitrogens with one attached hydrogen (secondary N) is 2. The van der Waals surface area contributed by atoms with Gasteiger partial charge in [-0.05, 0) is 26.0 Å². The zero-order chi connectivity index (χ0) is 16.3. The molecule has 22 heavy (non-hydrogen) atoms. The summed E-state index contributed by atoms with van der Waals surface area (Å²) in [5, 5.41) is 9.84. The molecule has 0 spiro atoms. The van der Waals surface area contributed by atoms with Crippen LogP contribution in [0.2, 0.25) is 5.02 Å². The predicted molar refractivity (Wildman–Crippen MR) is 82.6 cm³/mol. The molecule has 0 radical (unpaired) electrons. The standard InChI is InChI=1S/C15H16ClN3O3/c1-15(2,14(21)22-3)17-13(20)12-8-11(18-19-12)9-6-4-5-7-10(9)16/h4-8H,1-3H3,(H,17,20)(H,18,19). The Morgan fingerprint density at radius 1 is 1.32 bits per heavy atom. The van der Waals surface area contributed by atoms with Gasteiger partial charge in [-0.2, -0.15) is 5.10 Å². The molecule has 2 aromatic rings. The SMILES string of the molecule is COC(=O)C(C)(C)NC(=O)c1cc(-c2ccccc2Cl)n[nH]1. The number of H-pyrrole nitrogens is 1. The molecule has 0 saturated heterocycles. The number of methoxy groups -OCH3 is 1. The van der Waals surface area contributed by atoms with Crippen LogP contribution in [0.5, 0.6) is 0 Å². The molecule has 1 heterocycles. The maximum atomic E-state index is 12.2. The van der Waals surface area contributed by atoms with Gasteiger partial charge in [0.2, 0.25) is 0 Å². The molecule has 1 amide bonds. The highest BCUT2D eigenvalue weighted by atomic mass is 35.5. The second-order valence-electron chi connectivity index (χ2n) is 5.22. The Balaban J connectivity index is 2.20. The summed E-state index contributed by atoms with van der Waals surface area (Å²) >= 11 is 6.10.